The number of hydrogen-bond acceptors (Lipinski definition) is 2. The van der Waals surface area contributed by atoms with Crippen molar-refractivity contribution in [1.82, 2.24) is 10.6 Å². The predicted molar refractivity (Wildman–Crippen MR) is 37.6 cm³/mol. The SMILES string of the molecule is O=C1NCC2CCCC1N2. The van der Waals surface area contributed by atoms with Gasteiger partial charge in [-0.1, -0.05) is 0 Å². The quantitative estimate of drug-likeness (QED) is 0.482. The third kappa shape index (κ3) is 0.904. The van der Waals surface area contributed by atoms with E-state index in [1.807, 2.05) is 0 Å². The summed E-state index contributed by atoms with van der Waals surface area (Å²) in [5.41, 5.74) is 0. The van der Waals surface area contributed by atoms with Gasteiger partial charge in [-0.25, -0.2) is 0 Å². The van der Waals surface area contributed by atoms with Crippen molar-refractivity contribution in [3.8, 4) is 0 Å². The summed E-state index contributed by atoms with van der Waals surface area (Å²) in [5.74, 6) is 0.191. The Morgan fingerprint density at radius 1 is 1.40 bits per heavy atom. The molecule has 56 valence electrons. The maximum absolute atomic E-state index is 11.0. The number of rotatable bonds is 0. The smallest absolute Gasteiger partial charge is 0.237 e. The average molecular weight is 140 g/mol. The predicted octanol–water partition coefficient (Wildman–Crippen LogP) is -0.373. The first-order valence-corrected chi connectivity index (χ1v) is 3.90. The van der Waals surface area contributed by atoms with Crippen LogP contribution >= 0.6 is 0 Å². The molecule has 0 radical (unpaired) electrons. The van der Waals surface area contributed by atoms with E-state index < -0.39 is 0 Å². The first-order valence-electron chi connectivity index (χ1n) is 3.90. The van der Waals surface area contributed by atoms with Gasteiger partial charge in [0.15, 0.2) is 0 Å². The molecule has 0 aromatic heterocycles. The minimum Gasteiger partial charge on any atom is -0.353 e. The number of nitrogens with one attached hydrogen (secondary N) is 2. The Bertz CT molecular complexity index is 158. The van der Waals surface area contributed by atoms with Gasteiger partial charge in [0.2, 0.25) is 5.91 Å². The van der Waals surface area contributed by atoms with E-state index in [1.165, 1.54) is 12.8 Å². The van der Waals surface area contributed by atoms with Gasteiger partial charge in [0.1, 0.15) is 0 Å². The van der Waals surface area contributed by atoms with Crippen LogP contribution in [0.1, 0.15) is 19.3 Å². The van der Waals surface area contributed by atoms with Crippen LogP contribution in [0.5, 0.6) is 0 Å². The molecule has 0 aromatic rings. The van der Waals surface area contributed by atoms with Crippen LogP contribution < -0.4 is 10.6 Å². The van der Waals surface area contributed by atoms with Crippen molar-refractivity contribution in [1.29, 1.82) is 0 Å². The highest BCUT2D eigenvalue weighted by Crippen LogP contribution is 2.15. The van der Waals surface area contributed by atoms with Crippen molar-refractivity contribution in [2.45, 2.75) is 31.3 Å². The molecule has 10 heavy (non-hydrogen) atoms. The van der Waals surface area contributed by atoms with Crippen molar-refractivity contribution >= 4 is 5.91 Å². The van der Waals surface area contributed by atoms with Gasteiger partial charge in [-0.3, -0.25) is 4.79 Å². The highest BCUT2D eigenvalue weighted by Gasteiger charge is 2.30. The highest BCUT2D eigenvalue weighted by molar-refractivity contribution is 5.82. The van der Waals surface area contributed by atoms with Gasteiger partial charge in [-0.05, 0) is 19.3 Å². The number of carbonyl (C=O) groups excluding carboxylic acids is 1. The summed E-state index contributed by atoms with van der Waals surface area (Å²) in [4.78, 5) is 11.0. The Morgan fingerprint density at radius 3 is 3.10 bits per heavy atom. The van der Waals surface area contributed by atoms with Crippen LogP contribution in [-0.2, 0) is 4.79 Å². The monoisotopic (exact) mass is 140 g/mol. The molecule has 2 unspecified atom stereocenters. The van der Waals surface area contributed by atoms with E-state index in [0.717, 1.165) is 13.0 Å². The summed E-state index contributed by atoms with van der Waals surface area (Å²) < 4.78 is 0. The second-order valence-electron chi connectivity index (χ2n) is 3.09. The molecule has 0 aliphatic carbocycles. The van der Waals surface area contributed by atoms with Crippen molar-refractivity contribution in [3.63, 3.8) is 0 Å². The topological polar surface area (TPSA) is 41.1 Å². The largest absolute Gasteiger partial charge is 0.353 e. The molecule has 2 atom stereocenters. The zero-order valence-corrected chi connectivity index (χ0v) is 5.89. The fraction of sp³-hybridized carbons (Fsp3) is 0.857. The van der Waals surface area contributed by atoms with E-state index in [0.29, 0.717) is 6.04 Å². The van der Waals surface area contributed by atoms with Gasteiger partial charge >= 0.3 is 0 Å². The van der Waals surface area contributed by atoms with Crippen molar-refractivity contribution < 1.29 is 4.79 Å². The lowest BCUT2D eigenvalue weighted by molar-refractivity contribution is -0.126. The average Bonchev–Trinajstić information content (AvgIpc) is 1.99. The molecular weight excluding hydrogens is 128 g/mol. The molecule has 3 nitrogen and oxygen atoms in total. The third-order valence-electron chi connectivity index (χ3n) is 2.32. The molecule has 2 N–H and O–H groups in total. The number of piperazine rings is 1. The summed E-state index contributed by atoms with van der Waals surface area (Å²) >= 11 is 0. The van der Waals surface area contributed by atoms with Crippen molar-refractivity contribution in [2.24, 2.45) is 0 Å². The number of piperidine rings is 1. The number of amides is 1. The van der Waals surface area contributed by atoms with E-state index >= 15 is 0 Å². The van der Waals surface area contributed by atoms with Crippen molar-refractivity contribution in [2.75, 3.05) is 6.54 Å². The van der Waals surface area contributed by atoms with E-state index in [2.05, 4.69) is 10.6 Å². The Balaban J connectivity index is 2.07. The fourth-order valence-corrected chi connectivity index (χ4v) is 1.73. The van der Waals surface area contributed by atoms with Gasteiger partial charge in [0.05, 0.1) is 6.04 Å². The summed E-state index contributed by atoms with van der Waals surface area (Å²) in [5, 5.41) is 6.17. The molecule has 1 amide bonds. The van der Waals surface area contributed by atoms with Crippen LogP contribution in [0, 0.1) is 0 Å². The molecule has 0 spiro atoms. The summed E-state index contributed by atoms with van der Waals surface area (Å²) in [6, 6.07) is 0.670. The number of fused-ring (bicyclic) bond motifs is 2. The normalized spacial score (nSPS) is 39.0. The lowest BCUT2D eigenvalue weighted by Gasteiger charge is -2.35. The Morgan fingerprint density at radius 2 is 2.30 bits per heavy atom. The van der Waals surface area contributed by atoms with Crippen LogP contribution in [0.4, 0.5) is 0 Å². The minimum atomic E-state index is 0.118. The molecule has 2 aliphatic rings. The summed E-state index contributed by atoms with van der Waals surface area (Å²) in [6.07, 6.45) is 3.44. The number of carbonyl (C=O) groups is 1. The van der Waals surface area contributed by atoms with Gasteiger partial charge in [0, 0.05) is 12.6 Å². The van der Waals surface area contributed by atoms with Gasteiger partial charge in [0.25, 0.3) is 0 Å². The van der Waals surface area contributed by atoms with Gasteiger partial charge in [-0.15, -0.1) is 0 Å². The van der Waals surface area contributed by atoms with Crippen LogP contribution in [0.3, 0.4) is 0 Å². The molecule has 2 aliphatic heterocycles. The first kappa shape index (κ1) is 6.16. The molecule has 3 heteroatoms. The molecule has 2 heterocycles. The lowest BCUT2D eigenvalue weighted by Crippen LogP contribution is -2.60. The van der Waals surface area contributed by atoms with Crippen LogP contribution in [0.15, 0.2) is 0 Å². The fourth-order valence-electron chi connectivity index (χ4n) is 1.73. The molecular formula is C7H12N2O. The standard InChI is InChI=1S/C7H12N2O/c10-7-6-3-1-2-5(9-6)4-8-7/h5-6,9H,1-4H2,(H,8,10). The van der Waals surface area contributed by atoms with Gasteiger partial charge in [-0.2, -0.15) is 0 Å². The molecule has 2 bridgehead atoms. The van der Waals surface area contributed by atoms with Gasteiger partial charge < -0.3 is 10.6 Å². The lowest BCUT2D eigenvalue weighted by atomic mass is 9.95. The summed E-state index contributed by atoms with van der Waals surface area (Å²) in [6.45, 7) is 0.829. The van der Waals surface area contributed by atoms with E-state index in [4.69, 9.17) is 0 Å². The van der Waals surface area contributed by atoms with Crippen LogP contribution in [0.25, 0.3) is 0 Å². The maximum atomic E-state index is 11.0. The molecule has 0 saturated carbocycles. The molecule has 2 fully saturated rings. The second-order valence-corrected chi connectivity index (χ2v) is 3.09. The van der Waals surface area contributed by atoms with E-state index in [-0.39, 0.29) is 11.9 Å². The molecule has 0 aromatic carbocycles. The van der Waals surface area contributed by atoms with Crippen molar-refractivity contribution in [3.05, 3.63) is 0 Å². The summed E-state index contributed by atoms with van der Waals surface area (Å²) in [7, 11) is 0. The van der Waals surface area contributed by atoms with E-state index in [1.54, 1.807) is 0 Å². The maximum Gasteiger partial charge on any atom is 0.237 e. The zero-order chi connectivity index (χ0) is 6.97. The number of hydrogen-bond donors (Lipinski definition) is 2. The first-order chi connectivity index (χ1) is 4.86. The molecule has 2 saturated heterocycles. The zero-order valence-electron chi connectivity index (χ0n) is 5.89. The van der Waals surface area contributed by atoms with Crippen LogP contribution in [0.2, 0.25) is 0 Å². The minimum absolute atomic E-state index is 0.118. The Kier molecular flexibility index (Phi) is 1.38. The Labute approximate surface area is 60.2 Å². The third-order valence-corrected chi connectivity index (χ3v) is 2.32. The Hall–Kier alpha value is -0.570. The second kappa shape index (κ2) is 2.23. The van der Waals surface area contributed by atoms with Crippen LogP contribution in [-0.4, -0.2) is 24.5 Å². The molecule has 2 rings (SSSR count). The van der Waals surface area contributed by atoms with E-state index in [9.17, 15) is 4.79 Å². The highest BCUT2D eigenvalue weighted by atomic mass is 16.2.